The topological polar surface area (TPSA) is 88.5 Å². The van der Waals surface area contributed by atoms with Crippen molar-refractivity contribution >= 4 is 21.4 Å². The van der Waals surface area contributed by atoms with E-state index in [0.29, 0.717) is 23.5 Å². The first-order valence-electron chi connectivity index (χ1n) is 10.2. The van der Waals surface area contributed by atoms with E-state index in [1.807, 2.05) is 12.1 Å². The Hall–Kier alpha value is -3.04. The Labute approximate surface area is 182 Å². The molecule has 1 aromatic heterocycles. The van der Waals surface area contributed by atoms with Crippen LogP contribution >= 0.6 is 0 Å². The van der Waals surface area contributed by atoms with Crippen LogP contribution in [0.15, 0.2) is 65.8 Å². The number of nitrogens with one attached hydrogen (secondary N) is 2. The lowest BCUT2D eigenvalue weighted by molar-refractivity contribution is 0.391. The zero-order chi connectivity index (χ0) is 22.0. The highest BCUT2D eigenvalue weighted by atomic mass is 32.2. The van der Waals surface area contributed by atoms with Crippen molar-refractivity contribution < 1.29 is 13.2 Å². The van der Waals surface area contributed by atoms with Crippen molar-refractivity contribution in [3.63, 3.8) is 0 Å². The van der Waals surface area contributed by atoms with E-state index in [4.69, 9.17) is 4.74 Å². The Balaban J connectivity index is 1.58. The number of sulfonamides is 1. The smallest absolute Gasteiger partial charge is 0.261 e. The van der Waals surface area contributed by atoms with Gasteiger partial charge in [-0.15, -0.1) is 0 Å². The Bertz CT molecular complexity index is 1120. The minimum atomic E-state index is -3.74. The fourth-order valence-electron chi connectivity index (χ4n) is 3.94. The number of benzene rings is 2. The maximum Gasteiger partial charge on any atom is 0.261 e. The van der Waals surface area contributed by atoms with Crippen LogP contribution in [0.1, 0.15) is 13.8 Å². The van der Waals surface area contributed by atoms with Crippen molar-refractivity contribution in [1.82, 2.24) is 15.1 Å². The third-order valence-corrected chi connectivity index (χ3v) is 6.64. The van der Waals surface area contributed by atoms with Gasteiger partial charge in [0.15, 0.2) is 0 Å². The molecule has 2 aromatic carbocycles. The number of rotatable bonds is 6. The molecule has 31 heavy (non-hydrogen) atoms. The van der Waals surface area contributed by atoms with Gasteiger partial charge >= 0.3 is 0 Å². The van der Waals surface area contributed by atoms with Gasteiger partial charge in [-0.2, -0.15) is 5.10 Å². The van der Waals surface area contributed by atoms with Gasteiger partial charge in [0, 0.05) is 37.6 Å². The first-order chi connectivity index (χ1) is 14.9. The SMILES string of the molecule is COc1ccc(NS(=O)(=O)c2ccc(-n3cccn3)cc2)cc1N1CC(C)NC(C)C1. The fraction of sp³-hybridized carbons (Fsp3) is 0.318. The number of hydrogen-bond donors (Lipinski definition) is 2. The zero-order valence-electron chi connectivity index (χ0n) is 17.8. The van der Waals surface area contributed by atoms with E-state index >= 15 is 0 Å². The van der Waals surface area contributed by atoms with E-state index in [1.165, 1.54) is 0 Å². The molecule has 1 fully saturated rings. The average molecular weight is 442 g/mol. The largest absolute Gasteiger partial charge is 0.495 e. The molecule has 0 bridgehead atoms. The summed E-state index contributed by atoms with van der Waals surface area (Å²) in [4.78, 5) is 2.41. The normalized spacial score (nSPS) is 19.3. The quantitative estimate of drug-likeness (QED) is 0.612. The molecule has 1 aliphatic heterocycles. The second-order valence-corrected chi connectivity index (χ2v) is 9.49. The van der Waals surface area contributed by atoms with Gasteiger partial charge in [0.05, 0.1) is 29.1 Å². The minimum Gasteiger partial charge on any atom is -0.495 e. The third-order valence-electron chi connectivity index (χ3n) is 5.25. The molecule has 1 aliphatic rings. The summed E-state index contributed by atoms with van der Waals surface area (Å²) < 4.78 is 35.8. The number of piperazine rings is 1. The van der Waals surface area contributed by atoms with Crippen molar-refractivity contribution in [2.75, 3.05) is 29.8 Å². The lowest BCUT2D eigenvalue weighted by Crippen LogP contribution is -2.54. The first-order valence-corrected chi connectivity index (χ1v) is 11.7. The Morgan fingerprint density at radius 2 is 1.81 bits per heavy atom. The molecular formula is C22H27N5O3S. The number of ether oxygens (including phenoxy) is 1. The molecule has 3 aromatic rings. The highest BCUT2D eigenvalue weighted by Gasteiger charge is 2.24. The van der Waals surface area contributed by atoms with Crippen molar-refractivity contribution in [3.8, 4) is 11.4 Å². The van der Waals surface area contributed by atoms with Crippen LogP contribution in [0.25, 0.3) is 5.69 Å². The maximum absolute atomic E-state index is 13.0. The summed E-state index contributed by atoms with van der Waals surface area (Å²) in [6.45, 7) is 5.89. The summed E-state index contributed by atoms with van der Waals surface area (Å²) in [6.07, 6.45) is 3.48. The van der Waals surface area contributed by atoms with Crippen LogP contribution in [0.2, 0.25) is 0 Å². The summed E-state index contributed by atoms with van der Waals surface area (Å²) in [6, 6.07) is 14.4. The Morgan fingerprint density at radius 1 is 1.10 bits per heavy atom. The van der Waals surface area contributed by atoms with Crippen molar-refractivity contribution in [1.29, 1.82) is 0 Å². The first kappa shape index (κ1) is 21.2. The zero-order valence-corrected chi connectivity index (χ0v) is 18.6. The van der Waals surface area contributed by atoms with Gasteiger partial charge in [-0.25, -0.2) is 13.1 Å². The lowest BCUT2D eigenvalue weighted by Gasteiger charge is -2.38. The predicted molar refractivity (Wildman–Crippen MR) is 122 cm³/mol. The number of nitrogens with zero attached hydrogens (tertiary/aromatic N) is 3. The highest BCUT2D eigenvalue weighted by Crippen LogP contribution is 2.33. The van der Waals surface area contributed by atoms with E-state index in [9.17, 15) is 8.42 Å². The molecular weight excluding hydrogens is 414 g/mol. The van der Waals surface area contributed by atoms with Crippen molar-refractivity contribution in [2.24, 2.45) is 0 Å². The summed E-state index contributed by atoms with van der Waals surface area (Å²) in [7, 11) is -2.11. The summed E-state index contributed by atoms with van der Waals surface area (Å²) in [5.74, 6) is 0.716. The van der Waals surface area contributed by atoms with Crippen LogP contribution < -0.4 is 19.7 Å². The molecule has 9 heteroatoms. The molecule has 2 N–H and O–H groups in total. The molecule has 0 amide bonds. The van der Waals surface area contributed by atoms with Gasteiger partial charge in [0.2, 0.25) is 0 Å². The third kappa shape index (κ3) is 4.67. The Morgan fingerprint density at radius 3 is 2.42 bits per heavy atom. The number of methoxy groups -OCH3 is 1. The minimum absolute atomic E-state index is 0.185. The van der Waals surface area contributed by atoms with E-state index in [0.717, 1.165) is 24.5 Å². The molecule has 2 atom stereocenters. The monoisotopic (exact) mass is 441 g/mol. The molecule has 0 aliphatic carbocycles. The standard InChI is InChI=1S/C22H27N5O3S/c1-16-14-26(15-17(2)24-16)21-13-18(5-10-22(21)30-3)25-31(28,29)20-8-6-19(7-9-20)27-12-4-11-23-27/h4-13,16-17,24-25H,14-15H2,1-3H3. The van der Waals surface area contributed by atoms with Crippen LogP contribution in [-0.2, 0) is 10.0 Å². The molecule has 1 saturated heterocycles. The van der Waals surface area contributed by atoms with Crippen LogP contribution in [0.3, 0.4) is 0 Å². The van der Waals surface area contributed by atoms with Crippen LogP contribution in [0, 0.1) is 0 Å². The number of anilines is 2. The predicted octanol–water partition coefficient (Wildman–Crippen LogP) is 2.87. The average Bonchev–Trinajstić information content (AvgIpc) is 3.28. The Kier molecular flexibility index (Phi) is 5.88. The van der Waals surface area contributed by atoms with Gasteiger partial charge in [0.25, 0.3) is 10.0 Å². The number of hydrogen-bond acceptors (Lipinski definition) is 6. The van der Waals surface area contributed by atoms with E-state index < -0.39 is 10.0 Å². The van der Waals surface area contributed by atoms with Gasteiger partial charge in [0.1, 0.15) is 5.75 Å². The van der Waals surface area contributed by atoms with Crippen LogP contribution in [0.5, 0.6) is 5.75 Å². The highest BCUT2D eigenvalue weighted by molar-refractivity contribution is 7.92. The fourth-order valence-corrected chi connectivity index (χ4v) is 4.99. The van der Waals surface area contributed by atoms with Crippen molar-refractivity contribution in [2.45, 2.75) is 30.8 Å². The second kappa shape index (κ2) is 8.60. The van der Waals surface area contributed by atoms with Gasteiger partial charge in [-0.3, -0.25) is 4.72 Å². The van der Waals surface area contributed by atoms with E-state index in [1.54, 1.807) is 60.6 Å². The van der Waals surface area contributed by atoms with Gasteiger partial charge in [-0.05, 0) is 62.4 Å². The van der Waals surface area contributed by atoms with E-state index in [2.05, 4.69) is 33.9 Å². The molecule has 164 valence electrons. The molecule has 8 nitrogen and oxygen atoms in total. The summed E-state index contributed by atoms with van der Waals surface area (Å²) >= 11 is 0. The number of aromatic nitrogens is 2. The van der Waals surface area contributed by atoms with Crippen LogP contribution in [0.4, 0.5) is 11.4 Å². The van der Waals surface area contributed by atoms with Gasteiger partial charge < -0.3 is 15.0 Å². The lowest BCUT2D eigenvalue weighted by atomic mass is 10.1. The maximum atomic E-state index is 13.0. The van der Waals surface area contributed by atoms with Crippen molar-refractivity contribution in [3.05, 3.63) is 60.9 Å². The van der Waals surface area contributed by atoms with Crippen LogP contribution in [-0.4, -0.2) is 50.5 Å². The molecule has 2 heterocycles. The van der Waals surface area contributed by atoms with Gasteiger partial charge in [-0.1, -0.05) is 0 Å². The molecule has 0 radical (unpaired) electrons. The second-order valence-electron chi connectivity index (χ2n) is 7.81. The summed E-state index contributed by atoms with van der Waals surface area (Å²) in [5, 5.41) is 7.66. The van der Waals surface area contributed by atoms with E-state index in [-0.39, 0.29) is 4.90 Å². The summed E-state index contributed by atoms with van der Waals surface area (Å²) in [5.41, 5.74) is 2.15. The molecule has 0 spiro atoms. The molecule has 2 unspecified atom stereocenters. The molecule has 4 rings (SSSR count). The molecule has 0 saturated carbocycles.